The number of aromatic nitrogens is 1. The maximum atomic E-state index is 12.8. The lowest BCUT2D eigenvalue weighted by atomic mass is 10.1. The standard InChI is InChI=1S/C22H21F3N4O4/c23-22(24,25)14-2-3-19(26-12-14)28-5-1-4-27(6-7-28)13-29-16-11-18-17(32-8-9-33-18)10-15(16)20(30)21(29)31/h2-3,10-12H,1,4-9,13H2. The number of ether oxygens (including phenoxy) is 2. The summed E-state index contributed by atoms with van der Waals surface area (Å²) in [7, 11) is 0. The van der Waals surface area contributed by atoms with Crippen molar-refractivity contribution in [2.45, 2.75) is 12.6 Å². The molecule has 3 aliphatic rings. The lowest BCUT2D eigenvalue weighted by molar-refractivity contribution is -0.137. The highest BCUT2D eigenvalue weighted by atomic mass is 19.4. The Morgan fingerprint density at radius 1 is 0.970 bits per heavy atom. The summed E-state index contributed by atoms with van der Waals surface area (Å²) in [5.74, 6) is 0.261. The van der Waals surface area contributed by atoms with Gasteiger partial charge in [0.2, 0.25) is 0 Å². The zero-order valence-corrected chi connectivity index (χ0v) is 17.6. The van der Waals surface area contributed by atoms with E-state index in [0.29, 0.717) is 68.0 Å². The first kappa shape index (κ1) is 21.5. The van der Waals surface area contributed by atoms with E-state index in [1.54, 1.807) is 12.1 Å². The van der Waals surface area contributed by atoms with Gasteiger partial charge in [0, 0.05) is 38.4 Å². The molecule has 33 heavy (non-hydrogen) atoms. The Hall–Kier alpha value is -3.34. The van der Waals surface area contributed by atoms with E-state index in [4.69, 9.17) is 9.47 Å². The largest absolute Gasteiger partial charge is 0.486 e. The Morgan fingerprint density at radius 2 is 1.73 bits per heavy atom. The maximum absolute atomic E-state index is 12.8. The van der Waals surface area contributed by atoms with E-state index in [2.05, 4.69) is 4.98 Å². The molecule has 0 radical (unpaired) electrons. The molecule has 4 heterocycles. The average molecular weight is 462 g/mol. The second kappa shape index (κ2) is 8.22. The van der Waals surface area contributed by atoms with Gasteiger partial charge in [0.15, 0.2) is 11.5 Å². The van der Waals surface area contributed by atoms with Crippen molar-refractivity contribution in [2.24, 2.45) is 0 Å². The van der Waals surface area contributed by atoms with Gasteiger partial charge in [-0.15, -0.1) is 0 Å². The lowest BCUT2D eigenvalue weighted by Gasteiger charge is -2.27. The minimum absolute atomic E-state index is 0.228. The molecule has 0 bridgehead atoms. The number of rotatable bonds is 3. The van der Waals surface area contributed by atoms with E-state index in [-0.39, 0.29) is 6.67 Å². The van der Waals surface area contributed by atoms with Crippen molar-refractivity contribution in [2.75, 3.05) is 55.9 Å². The van der Waals surface area contributed by atoms with Crippen LogP contribution in [-0.4, -0.2) is 67.6 Å². The zero-order chi connectivity index (χ0) is 23.2. The lowest BCUT2D eigenvalue weighted by Crippen LogP contribution is -2.42. The molecule has 1 amide bonds. The summed E-state index contributed by atoms with van der Waals surface area (Å²) in [4.78, 5) is 34.6. The van der Waals surface area contributed by atoms with Crippen LogP contribution in [0.3, 0.4) is 0 Å². The van der Waals surface area contributed by atoms with Crippen LogP contribution in [-0.2, 0) is 11.0 Å². The predicted molar refractivity (Wildman–Crippen MR) is 112 cm³/mol. The molecular weight excluding hydrogens is 441 g/mol. The van der Waals surface area contributed by atoms with Crippen molar-refractivity contribution in [3.05, 3.63) is 41.6 Å². The van der Waals surface area contributed by atoms with E-state index in [9.17, 15) is 22.8 Å². The Morgan fingerprint density at radius 3 is 2.42 bits per heavy atom. The van der Waals surface area contributed by atoms with Crippen molar-refractivity contribution in [3.8, 4) is 11.5 Å². The fourth-order valence-corrected chi connectivity index (χ4v) is 4.25. The van der Waals surface area contributed by atoms with Gasteiger partial charge < -0.3 is 14.4 Å². The zero-order valence-electron chi connectivity index (χ0n) is 17.6. The number of hydrogen-bond donors (Lipinski definition) is 0. The van der Waals surface area contributed by atoms with Crippen LogP contribution in [0, 0.1) is 0 Å². The molecule has 8 nitrogen and oxygen atoms in total. The first-order chi connectivity index (χ1) is 15.8. The molecule has 0 spiro atoms. The summed E-state index contributed by atoms with van der Waals surface area (Å²) in [5, 5.41) is 0. The SMILES string of the molecule is O=C1C(=O)N(CN2CCCN(c3ccc(C(F)(F)F)cn3)CC2)c2cc3c(cc21)OCCO3. The number of amides is 1. The molecular formula is C22H21F3N4O4. The molecule has 0 N–H and O–H groups in total. The van der Waals surface area contributed by atoms with Crippen LogP contribution in [0.15, 0.2) is 30.5 Å². The number of hydrogen-bond acceptors (Lipinski definition) is 7. The average Bonchev–Trinajstić information content (AvgIpc) is 2.96. The third-order valence-electron chi connectivity index (χ3n) is 5.96. The fraction of sp³-hybridized carbons (Fsp3) is 0.409. The molecule has 0 aliphatic carbocycles. The van der Waals surface area contributed by atoms with Gasteiger partial charge in [-0.3, -0.25) is 19.4 Å². The molecule has 0 saturated carbocycles. The van der Waals surface area contributed by atoms with Crippen molar-refractivity contribution in [1.29, 1.82) is 0 Å². The van der Waals surface area contributed by atoms with Crippen LogP contribution in [0.5, 0.6) is 11.5 Å². The molecule has 174 valence electrons. The molecule has 11 heteroatoms. The van der Waals surface area contributed by atoms with Crippen LogP contribution in [0.25, 0.3) is 0 Å². The number of Topliss-reactive ketones (excluding diaryl/α,β-unsaturated/α-hetero) is 1. The molecule has 0 unspecified atom stereocenters. The van der Waals surface area contributed by atoms with E-state index < -0.39 is 23.4 Å². The van der Waals surface area contributed by atoms with Crippen LogP contribution in [0.4, 0.5) is 24.7 Å². The van der Waals surface area contributed by atoms with Crippen molar-refractivity contribution in [1.82, 2.24) is 9.88 Å². The number of pyridine rings is 1. The van der Waals surface area contributed by atoms with Gasteiger partial charge in [0.05, 0.1) is 23.5 Å². The second-order valence-electron chi connectivity index (χ2n) is 8.08. The quantitative estimate of drug-likeness (QED) is 0.649. The number of carbonyl (C=O) groups excluding carboxylic acids is 2. The van der Waals surface area contributed by atoms with Crippen molar-refractivity contribution in [3.63, 3.8) is 0 Å². The van der Waals surface area contributed by atoms with Gasteiger partial charge in [0.1, 0.15) is 19.0 Å². The number of halogens is 3. The summed E-state index contributed by atoms with van der Waals surface area (Å²) in [6, 6.07) is 5.64. The predicted octanol–water partition coefficient (Wildman–Crippen LogP) is 2.57. The van der Waals surface area contributed by atoms with Crippen LogP contribution < -0.4 is 19.3 Å². The number of fused-ring (bicyclic) bond motifs is 2. The summed E-state index contributed by atoms with van der Waals surface area (Å²) < 4.78 is 49.5. The Labute approximate surface area is 187 Å². The van der Waals surface area contributed by atoms with Crippen LogP contribution in [0.2, 0.25) is 0 Å². The fourth-order valence-electron chi connectivity index (χ4n) is 4.25. The number of ketones is 1. The normalized spacial score (nSPS) is 19.0. The highest BCUT2D eigenvalue weighted by Crippen LogP contribution is 2.40. The molecule has 0 atom stereocenters. The third kappa shape index (κ3) is 4.08. The summed E-state index contributed by atoms with van der Waals surface area (Å²) in [5.41, 5.74) is 0.0181. The second-order valence-corrected chi connectivity index (χ2v) is 8.08. The minimum Gasteiger partial charge on any atom is -0.486 e. The van der Waals surface area contributed by atoms with Gasteiger partial charge in [0.25, 0.3) is 5.78 Å². The Balaban J connectivity index is 1.28. The Bertz CT molecular complexity index is 1090. The van der Waals surface area contributed by atoms with Crippen LogP contribution in [0.1, 0.15) is 22.3 Å². The van der Waals surface area contributed by atoms with Gasteiger partial charge in [-0.05, 0) is 24.6 Å². The molecule has 1 fully saturated rings. The Kier molecular flexibility index (Phi) is 5.35. The number of alkyl halides is 3. The van der Waals surface area contributed by atoms with E-state index in [1.165, 1.54) is 11.0 Å². The molecule has 1 aromatic heterocycles. The maximum Gasteiger partial charge on any atom is 0.417 e. The highest BCUT2D eigenvalue weighted by Gasteiger charge is 2.38. The first-order valence-electron chi connectivity index (χ1n) is 10.6. The third-order valence-corrected chi connectivity index (χ3v) is 5.96. The molecule has 5 rings (SSSR count). The summed E-state index contributed by atoms with van der Waals surface area (Å²) in [6.07, 6.45) is -2.85. The summed E-state index contributed by atoms with van der Waals surface area (Å²) in [6.45, 7) is 3.38. The van der Waals surface area contributed by atoms with E-state index in [0.717, 1.165) is 18.7 Å². The summed E-state index contributed by atoms with van der Waals surface area (Å²) >= 11 is 0. The van der Waals surface area contributed by atoms with Gasteiger partial charge in [-0.1, -0.05) is 0 Å². The molecule has 2 aromatic rings. The number of carbonyl (C=O) groups is 2. The highest BCUT2D eigenvalue weighted by molar-refractivity contribution is 6.52. The van der Waals surface area contributed by atoms with Gasteiger partial charge in [-0.25, -0.2) is 4.98 Å². The monoisotopic (exact) mass is 462 g/mol. The minimum atomic E-state index is -4.42. The van der Waals surface area contributed by atoms with Gasteiger partial charge >= 0.3 is 12.1 Å². The van der Waals surface area contributed by atoms with Gasteiger partial charge in [-0.2, -0.15) is 13.2 Å². The van der Waals surface area contributed by atoms with Crippen molar-refractivity contribution < 1.29 is 32.2 Å². The topological polar surface area (TPSA) is 75.2 Å². The van der Waals surface area contributed by atoms with Crippen LogP contribution >= 0.6 is 0 Å². The molecule has 3 aliphatic heterocycles. The molecule has 1 saturated heterocycles. The number of benzene rings is 1. The molecule has 1 aromatic carbocycles. The number of nitrogens with zero attached hydrogens (tertiary/aromatic N) is 4. The smallest absolute Gasteiger partial charge is 0.417 e. The van der Waals surface area contributed by atoms with E-state index >= 15 is 0 Å². The van der Waals surface area contributed by atoms with Crippen molar-refractivity contribution >= 4 is 23.2 Å². The number of anilines is 2. The first-order valence-corrected chi connectivity index (χ1v) is 10.6. The van der Waals surface area contributed by atoms with E-state index in [1.807, 2.05) is 9.80 Å².